The number of aliphatic hydroxyl groups is 1. The number of hydrogen-bond acceptors (Lipinski definition) is 3. The molecule has 0 radical (unpaired) electrons. The van der Waals surface area contributed by atoms with E-state index in [9.17, 15) is 4.79 Å². The second kappa shape index (κ2) is 5.78. The van der Waals surface area contributed by atoms with Crippen LogP contribution in [0.5, 0.6) is 0 Å². The van der Waals surface area contributed by atoms with Gasteiger partial charge in [0.1, 0.15) is 0 Å². The fourth-order valence-electron chi connectivity index (χ4n) is 1.19. The molecule has 0 aliphatic rings. The van der Waals surface area contributed by atoms with E-state index in [1.807, 2.05) is 31.2 Å². The SMILES string of the molecule is CC(CC(=O)O)Sc1ccc(CO)cc1. The van der Waals surface area contributed by atoms with Crippen LogP contribution in [0.1, 0.15) is 18.9 Å². The Morgan fingerprint density at radius 2 is 2.00 bits per heavy atom. The minimum absolute atomic E-state index is 0.0373. The molecule has 15 heavy (non-hydrogen) atoms. The van der Waals surface area contributed by atoms with Gasteiger partial charge in [-0.15, -0.1) is 11.8 Å². The number of rotatable bonds is 5. The van der Waals surface area contributed by atoms with Crippen LogP contribution in [0.2, 0.25) is 0 Å². The van der Waals surface area contributed by atoms with Crippen molar-refractivity contribution in [3.8, 4) is 0 Å². The summed E-state index contributed by atoms with van der Waals surface area (Å²) in [6.45, 7) is 1.92. The van der Waals surface area contributed by atoms with E-state index in [4.69, 9.17) is 10.2 Å². The van der Waals surface area contributed by atoms with Gasteiger partial charge in [0.25, 0.3) is 0 Å². The summed E-state index contributed by atoms with van der Waals surface area (Å²) in [5.41, 5.74) is 0.866. The quantitative estimate of drug-likeness (QED) is 0.755. The third kappa shape index (κ3) is 4.36. The van der Waals surface area contributed by atoms with Gasteiger partial charge in [-0.05, 0) is 17.7 Å². The Morgan fingerprint density at radius 1 is 1.40 bits per heavy atom. The first kappa shape index (κ1) is 12.1. The molecule has 0 aliphatic heterocycles. The van der Waals surface area contributed by atoms with Gasteiger partial charge in [0.15, 0.2) is 0 Å². The molecule has 0 heterocycles. The number of aliphatic carboxylic acids is 1. The lowest BCUT2D eigenvalue weighted by molar-refractivity contribution is -0.136. The van der Waals surface area contributed by atoms with Crippen LogP contribution in [-0.2, 0) is 11.4 Å². The van der Waals surface area contributed by atoms with Gasteiger partial charge in [-0.3, -0.25) is 4.79 Å². The smallest absolute Gasteiger partial charge is 0.304 e. The average molecular weight is 226 g/mol. The summed E-state index contributed by atoms with van der Waals surface area (Å²) in [6.07, 6.45) is 0.159. The molecule has 82 valence electrons. The number of benzene rings is 1. The molecule has 1 atom stereocenters. The highest BCUT2D eigenvalue weighted by Crippen LogP contribution is 2.25. The highest BCUT2D eigenvalue weighted by molar-refractivity contribution is 8.00. The zero-order chi connectivity index (χ0) is 11.3. The van der Waals surface area contributed by atoms with Crippen molar-refractivity contribution in [2.45, 2.75) is 30.1 Å². The second-order valence-electron chi connectivity index (χ2n) is 3.33. The minimum atomic E-state index is -0.776. The van der Waals surface area contributed by atoms with E-state index in [1.165, 1.54) is 11.8 Å². The Balaban J connectivity index is 2.53. The molecule has 1 aromatic rings. The molecule has 0 saturated carbocycles. The molecule has 1 aromatic carbocycles. The predicted octanol–water partition coefficient (Wildman–Crippen LogP) is 2.13. The van der Waals surface area contributed by atoms with Crippen molar-refractivity contribution < 1.29 is 15.0 Å². The summed E-state index contributed by atoms with van der Waals surface area (Å²) in [5.74, 6) is -0.776. The number of carboxylic acid groups (broad SMARTS) is 1. The summed E-state index contributed by atoms with van der Waals surface area (Å²) in [4.78, 5) is 11.5. The maximum atomic E-state index is 10.5. The minimum Gasteiger partial charge on any atom is -0.481 e. The average Bonchev–Trinajstić information content (AvgIpc) is 2.17. The first-order chi connectivity index (χ1) is 7.11. The van der Waals surface area contributed by atoms with Gasteiger partial charge in [-0.2, -0.15) is 0 Å². The van der Waals surface area contributed by atoms with Gasteiger partial charge in [-0.1, -0.05) is 19.1 Å². The molecule has 0 spiro atoms. The monoisotopic (exact) mass is 226 g/mol. The molecule has 1 rings (SSSR count). The summed E-state index contributed by atoms with van der Waals surface area (Å²) in [7, 11) is 0. The highest BCUT2D eigenvalue weighted by Gasteiger charge is 2.08. The summed E-state index contributed by atoms with van der Waals surface area (Å²) >= 11 is 1.53. The van der Waals surface area contributed by atoms with Crippen LogP contribution >= 0.6 is 11.8 Å². The Morgan fingerprint density at radius 3 is 2.47 bits per heavy atom. The lowest BCUT2D eigenvalue weighted by Crippen LogP contribution is -2.05. The number of carboxylic acids is 1. The molecule has 0 aromatic heterocycles. The zero-order valence-electron chi connectivity index (χ0n) is 8.51. The summed E-state index contributed by atoms with van der Waals surface area (Å²) in [5, 5.41) is 17.5. The third-order valence-electron chi connectivity index (χ3n) is 1.91. The maximum Gasteiger partial charge on any atom is 0.304 e. The Hall–Kier alpha value is -1.00. The molecule has 0 amide bonds. The Labute approximate surface area is 93.1 Å². The van der Waals surface area contributed by atoms with Gasteiger partial charge in [0.2, 0.25) is 0 Å². The lowest BCUT2D eigenvalue weighted by Gasteiger charge is -2.08. The van der Waals surface area contributed by atoms with Crippen LogP contribution in [-0.4, -0.2) is 21.4 Å². The van der Waals surface area contributed by atoms with Crippen LogP contribution in [0, 0.1) is 0 Å². The van der Waals surface area contributed by atoms with Gasteiger partial charge in [0.05, 0.1) is 13.0 Å². The molecule has 0 saturated heterocycles. The van der Waals surface area contributed by atoms with E-state index in [1.54, 1.807) is 0 Å². The van der Waals surface area contributed by atoms with Crippen molar-refractivity contribution in [2.24, 2.45) is 0 Å². The van der Waals surface area contributed by atoms with Crippen molar-refractivity contribution in [2.75, 3.05) is 0 Å². The van der Waals surface area contributed by atoms with Crippen molar-refractivity contribution in [1.29, 1.82) is 0 Å². The topological polar surface area (TPSA) is 57.5 Å². The van der Waals surface area contributed by atoms with E-state index >= 15 is 0 Å². The van der Waals surface area contributed by atoms with E-state index in [0.29, 0.717) is 0 Å². The van der Waals surface area contributed by atoms with Crippen LogP contribution in [0.4, 0.5) is 0 Å². The lowest BCUT2D eigenvalue weighted by atomic mass is 10.2. The van der Waals surface area contributed by atoms with Gasteiger partial charge < -0.3 is 10.2 Å². The van der Waals surface area contributed by atoms with Gasteiger partial charge in [0, 0.05) is 10.1 Å². The van der Waals surface area contributed by atoms with Gasteiger partial charge in [-0.25, -0.2) is 0 Å². The van der Waals surface area contributed by atoms with Crippen LogP contribution in [0.15, 0.2) is 29.2 Å². The van der Waals surface area contributed by atoms with Crippen molar-refractivity contribution in [3.05, 3.63) is 29.8 Å². The van der Waals surface area contributed by atoms with E-state index < -0.39 is 5.97 Å². The molecule has 4 heteroatoms. The number of aliphatic hydroxyl groups excluding tert-OH is 1. The first-order valence-electron chi connectivity index (χ1n) is 4.70. The van der Waals surface area contributed by atoms with Crippen LogP contribution < -0.4 is 0 Å². The molecule has 0 bridgehead atoms. The normalized spacial score (nSPS) is 12.4. The fraction of sp³-hybridized carbons (Fsp3) is 0.364. The first-order valence-corrected chi connectivity index (χ1v) is 5.58. The van der Waals surface area contributed by atoms with E-state index in [-0.39, 0.29) is 18.3 Å². The third-order valence-corrected chi connectivity index (χ3v) is 3.02. The van der Waals surface area contributed by atoms with E-state index in [0.717, 1.165) is 10.5 Å². The van der Waals surface area contributed by atoms with Crippen LogP contribution in [0.25, 0.3) is 0 Å². The molecular formula is C11H14O3S. The van der Waals surface area contributed by atoms with Crippen molar-refractivity contribution in [3.63, 3.8) is 0 Å². The number of carbonyl (C=O) groups is 1. The molecule has 3 nitrogen and oxygen atoms in total. The Bertz CT molecular complexity index is 321. The van der Waals surface area contributed by atoms with Crippen molar-refractivity contribution in [1.82, 2.24) is 0 Å². The maximum absolute atomic E-state index is 10.5. The molecular weight excluding hydrogens is 212 g/mol. The molecule has 1 unspecified atom stereocenters. The zero-order valence-corrected chi connectivity index (χ0v) is 9.33. The molecule has 0 fully saturated rings. The van der Waals surface area contributed by atoms with Gasteiger partial charge >= 0.3 is 5.97 Å². The number of thioether (sulfide) groups is 1. The van der Waals surface area contributed by atoms with Crippen LogP contribution in [0.3, 0.4) is 0 Å². The standard InChI is InChI=1S/C11H14O3S/c1-8(6-11(13)14)15-10-4-2-9(7-12)3-5-10/h2-5,8,12H,6-7H2,1H3,(H,13,14). The summed E-state index contributed by atoms with van der Waals surface area (Å²) in [6, 6.07) is 7.48. The highest BCUT2D eigenvalue weighted by atomic mass is 32.2. The van der Waals surface area contributed by atoms with E-state index in [2.05, 4.69) is 0 Å². The predicted molar refractivity (Wildman–Crippen MR) is 59.9 cm³/mol. The Kier molecular flexibility index (Phi) is 4.65. The van der Waals surface area contributed by atoms with Crippen molar-refractivity contribution >= 4 is 17.7 Å². The molecule has 2 N–H and O–H groups in total. The summed E-state index contributed by atoms with van der Waals surface area (Å²) < 4.78 is 0. The second-order valence-corrected chi connectivity index (χ2v) is 4.84. The fourth-order valence-corrected chi connectivity index (χ4v) is 2.18. The molecule has 0 aliphatic carbocycles. The largest absolute Gasteiger partial charge is 0.481 e. The number of hydrogen-bond donors (Lipinski definition) is 2.